The first-order valence-corrected chi connectivity index (χ1v) is 9.52. The van der Waals surface area contributed by atoms with Gasteiger partial charge in [-0.2, -0.15) is 0 Å². The van der Waals surface area contributed by atoms with E-state index in [1.807, 2.05) is 6.07 Å². The van der Waals surface area contributed by atoms with Crippen LogP contribution in [0.3, 0.4) is 0 Å². The number of fused-ring (bicyclic) bond motifs is 3. The van der Waals surface area contributed by atoms with Crippen LogP contribution in [0.1, 0.15) is 54.8 Å². The van der Waals surface area contributed by atoms with Gasteiger partial charge >= 0.3 is 0 Å². The van der Waals surface area contributed by atoms with E-state index in [0.29, 0.717) is 0 Å². The number of ether oxygens (including phenoxy) is 1. The molecule has 27 heavy (non-hydrogen) atoms. The molecule has 0 saturated carbocycles. The van der Waals surface area contributed by atoms with E-state index in [9.17, 15) is 4.39 Å². The zero-order chi connectivity index (χ0) is 19.3. The minimum atomic E-state index is -0.185. The van der Waals surface area contributed by atoms with Crippen molar-refractivity contribution in [1.82, 2.24) is 10.3 Å². The molecule has 1 aromatic heterocycles. The number of halogens is 1. The van der Waals surface area contributed by atoms with Crippen LogP contribution in [0.4, 0.5) is 4.39 Å². The van der Waals surface area contributed by atoms with Crippen molar-refractivity contribution in [2.24, 2.45) is 0 Å². The maximum atomic E-state index is 13.8. The largest absolute Gasteiger partial charge is 0.496 e. The summed E-state index contributed by atoms with van der Waals surface area (Å²) < 4.78 is 19.4. The molecule has 0 amide bonds. The first kappa shape index (κ1) is 18.1. The van der Waals surface area contributed by atoms with Crippen molar-refractivity contribution < 1.29 is 9.13 Å². The van der Waals surface area contributed by atoms with E-state index in [0.717, 1.165) is 35.3 Å². The average molecular weight is 366 g/mol. The fraction of sp³-hybridized carbons (Fsp3) is 0.391. The van der Waals surface area contributed by atoms with Crippen LogP contribution in [0.5, 0.6) is 5.75 Å². The standard InChI is InChI=1S/C23H27FN2O/c1-13-10-20(27-5)18(23(2,3)4)12-16(13)21-22-15(8-9-25-21)17-11-14(24)6-7-19(17)26-22/h6-7,10-12,21,25-26H,8-9H2,1-5H3. The summed E-state index contributed by atoms with van der Waals surface area (Å²) >= 11 is 0. The van der Waals surface area contributed by atoms with Gasteiger partial charge in [-0.15, -0.1) is 0 Å². The highest BCUT2D eigenvalue weighted by atomic mass is 19.1. The van der Waals surface area contributed by atoms with Crippen molar-refractivity contribution in [2.75, 3.05) is 13.7 Å². The molecule has 2 aromatic carbocycles. The van der Waals surface area contributed by atoms with E-state index >= 15 is 0 Å². The lowest BCUT2D eigenvalue weighted by Crippen LogP contribution is -2.31. The summed E-state index contributed by atoms with van der Waals surface area (Å²) in [5.74, 6) is 0.744. The van der Waals surface area contributed by atoms with E-state index in [1.54, 1.807) is 13.2 Å². The third-order valence-electron chi connectivity index (χ3n) is 5.62. The zero-order valence-corrected chi connectivity index (χ0v) is 16.7. The molecule has 1 aliphatic rings. The predicted molar refractivity (Wildman–Crippen MR) is 108 cm³/mol. The van der Waals surface area contributed by atoms with E-state index in [4.69, 9.17) is 4.74 Å². The van der Waals surface area contributed by atoms with Gasteiger partial charge in [-0.1, -0.05) is 20.8 Å². The normalized spacial score (nSPS) is 17.2. The van der Waals surface area contributed by atoms with Gasteiger partial charge in [0, 0.05) is 23.1 Å². The number of hydrogen-bond donors (Lipinski definition) is 2. The molecule has 1 aliphatic heterocycles. The number of methoxy groups -OCH3 is 1. The topological polar surface area (TPSA) is 37.0 Å². The van der Waals surface area contributed by atoms with Crippen LogP contribution in [-0.4, -0.2) is 18.6 Å². The SMILES string of the molecule is COc1cc(C)c(C2NCCc3c2[nH]c2ccc(F)cc32)cc1C(C)(C)C. The number of benzene rings is 2. The molecule has 3 aromatic rings. The average Bonchev–Trinajstić information content (AvgIpc) is 2.98. The summed E-state index contributed by atoms with van der Waals surface area (Å²) in [7, 11) is 1.73. The van der Waals surface area contributed by atoms with Gasteiger partial charge in [-0.3, -0.25) is 0 Å². The smallest absolute Gasteiger partial charge is 0.123 e. The lowest BCUT2D eigenvalue weighted by molar-refractivity contribution is 0.396. The van der Waals surface area contributed by atoms with Gasteiger partial charge in [0.15, 0.2) is 0 Å². The van der Waals surface area contributed by atoms with Crippen LogP contribution in [0.25, 0.3) is 10.9 Å². The van der Waals surface area contributed by atoms with Crippen molar-refractivity contribution >= 4 is 10.9 Å². The van der Waals surface area contributed by atoms with E-state index in [-0.39, 0.29) is 17.3 Å². The van der Waals surface area contributed by atoms with Crippen LogP contribution in [-0.2, 0) is 11.8 Å². The number of H-pyrrole nitrogens is 1. The maximum Gasteiger partial charge on any atom is 0.123 e. The minimum Gasteiger partial charge on any atom is -0.496 e. The molecule has 4 heteroatoms. The molecule has 0 radical (unpaired) electrons. The summed E-state index contributed by atoms with van der Waals surface area (Å²) in [4.78, 5) is 3.55. The second-order valence-electron chi connectivity index (χ2n) is 8.50. The van der Waals surface area contributed by atoms with E-state index in [2.05, 4.69) is 50.1 Å². The van der Waals surface area contributed by atoms with Crippen LogP contribution in [0.2, 0.25) is 0 Å². The molecule has 0 saturated heterocycles. The zero-order valence-electron chi connectivity index (χ0n) is 16.7. The van der Waals surface area contributed by atoms with Gasteiger partial charge in [0.25, 0.3) is 0 Å². The van der Waals surface area contributed by atoms with Gasteiger partial charge in [0.2, 0.25) is 0 Å². The number of rotatable bonds is 2. The molecule has 142 valence electrons. The molecule has 2 heterocycles. The van der Waals surface area contributed by atoms with E-state index in [1.165, 1.54) is 28.3 Å². The molecule has 0 spiro atoms. The number of aromatic amines is 1. The third-order valence-corrected chi connectivity index (χ3v) is 5.62. The molecule has 2 N–H and O–H groups in total. The Morgan fingerprint density at radius 3 is 2.63 bits per heavy atom. The van der Waals surface area contributed by atoms with Crippen molar-refractivity contribution in [1.29, 1.82) is 0 Å². The molecular formula is C23H27FN2O. The first-order chi connectivity index (χ1) is 12.8. The Hall–Kier alpha value is -2.33. The summed E-state index contributed by atoms with van der Waals surface area (Å²) in [6.07, 6.45) is 0.899. The molecular weight excluding hydrogens is 339 g/mol. The Morgan fingerprint density at radius 1 is 1.15 bits per heavy atom. The summed E-state index contributed by atoms with van der Waals surface area (Å²) in [5.41, 5.74) is 6.98. The van der Waals surface area contributed by atoms with Gasteiger partial charge in [-0.25, -0.2) is 4.39 Å². The highest BCUT2D eigenvalue weighted by molar-refractivity contribution is 5.85. The fourth-order valence-electron chi connectivity index (χ4n) is 4.23. The van der Waals surface area contributed by atoms with Crippen LogP contribution >= 0.6 is 0 Å². The first-order valence-electron chi connectivity index (χ1n) is 9.52. The summed E-state index contributed by atoms with van der Waals surface area (Å²) in [5, 5.41) is 4.66. The third kappa shape index (κ3) is 3.02. The molecule has 1 unspecified atom stereocenters. The van der Waals surface area contributed by atoms with Gasteiger partial charge < -0.3 is 15.0 Å². The predicted octanol–water partition coefficient (Wildman–Crippen LogP) is 5.16. The van der Waals surface area contributed by atoms with Gasteiger partial charge in [-0.05, 0) is 71.3 Å². The summed E-state index contributed by atoms with van der Waals surface area (Å²) in [6, 6.07) is 9.47. The molecule has 0 aliphatic carbocycles. The fourth-order valence-corrected chi connectivity index (χ4v) is 4.23. The maximum absolute atomic E-state index is 13.8. The monoisotopic (exact) mass is 366 g/mol. The summed E-state index contributed by atoms with van der Waals surface area (Å²) in [6.45, 7) is 9.61. The Kier molecular flexibility index (Phi) is 4.26. The molecule has 0 bridgehead atoms. The highest BCUT2D eigenvalue weighted by Gasteiger charge is 2.29. The molecule has 3 nitrogen and oxygen atoms in total. The van der Waals surface area contributed by atoms with Crippen LogP contribution < -0.4 is 10.1 Å². The van der Waals surface area contributed by atoms with E-state index < -0.39 is 0 Å². The van der Waals surface area contributed by atoms with Crippen molar-refractivity contribution in [3.05, 3.63) is 64.1 Å². The lowest BCUT2D eigenvalue weighted by atomic mass is 9.82. The van der Waals surface area contributed by atoms with Crippen molar-refractivity contribution in [3.8, 4) is 5.75 Å². The van der Waals surface area contributed by atoms with Crippen LogP contribution in [0.15, 0.2) is 30.3 Å². The molecule has 0 fully saturated rings. The van der Waals surface area contributed by atoms with Gasteiger partial charge in [0.1, 0.15) is 11.6 Å². The van der Waals surface area contributed by atoms with Gasteiger partial charge in [0.05, 0.1) is 13.2 Å². The Balaban J connectivity index is 1.90. The Labute approximate surface area is 159 Å². The van der Waals surface area contributed by atoms with Crippen molar-refractivity contribution in [2.45, 2.75) is 45.6 Å². The lowest BCUT2D eigenvalue weighted by Gasteiger charge is -2.29. The quantitative estimate of drug-likeness (QED) is 0.658. The second kappa shape index (κ2) is 6.38. The number of aryl methyl sites for hydroxylation is 1. The van der Waals surface area contributed by atoms with Crippen molar-refractivity contribution in [3.63, 3.8) is 0 Å². The molecule has 1 atom stereocenters. The minimum absolute atomic E-state index is 0.0190. The number of nitrogens with one attached hydrogen (secondary N) is 2. The number of hydrogen-bond acceptors (Lipinski definition) is 2. The van der Waals surface area contributed by atoms with Crippen LogP contribution in [0, 0.1) is 12.7 Å². The Morgan fingerprint density at radius 2 is 1.93 bits per heavy atom. The Bertz CT molecular complexity index is 1010. The molecule has 4 rings (SSSR count). The highest BCUT2D eigenvalue weighted by Crippen LogP contribution is 2.39. The second-order valence-corrected chi connectivity index (χ2v) is 8.50. The number of aromatic nitrogens is 1.